The molecule has 0 aliphatic carbocycles. The fourth-order valence-corrected chi connectivity index (χ4v) is 1.44. The third kappa shape index (κ3) is 1.47. The zero-order valence-corrected chi connectivity index (χ0v) is 9.02. The van der Waals surface area contributed by atoms with Gasteiger partial charge < -0.3 is 11.1 Å². The third-order valence-corrected chi connectivity index (χ3v) is 2.20. The Morgan fingerprint density at radius 3 is 2.73 bits per heavy atom. The summed E-state index contributed by atoms with van der Waals surface area (Å²) in [5, 5.41) is 7.90. The van der Waals surface area contributed by atoms with Crippen molar-refractivity contribution in [2.45, 2.75) is 19.9 Å². The Morgan fingerprint density at radius 1 is 1.40 bits per heavy atom. The van der Waals surface area contributed by atoms with E-state index in [0.717, 1.165) is 11.0 Å². The van der Waals surface area contributed by atoms with Crippen LogP contribution < -0.4 is 11.1 Å². The number of hydrogen-bond donors (Lipinski definition) is 2. The van der Waals surface area contributed by atoms with Crippen LogP contribution in [0, 0.1) is 0 Å². The molecule has 2 rings (SSSR count). The van der Waals surface area contributed by atoms with Crippen molar-refractivity contribution >= 4 is 22.8 Å². The summed E-state index contributed by atoms with van der Waals surface area (Å²) in [5.74, 6) is 0.971. The summed E-state index contributed by atoms with van der Waals surface area (Å²) < 4.78 is 1.83. The minimum atomic E-state index is 0.251. The Balaban J connectivity index is 2.72. The fraction of sp³-hybridized carbons (Fsp3) is 0.444. The molecular formula is C9H14N6. The highest BCUT2D eigenvalue weighted by atomic mass is 15.3. The highest BCUT2D eigenvalue weighted by Gasteiger charge is 2.11. The molecule has 2 heterocycles. The summed E-state index contributed by atoms with van der Waals surface area (Å²) in [6, 6.07) is 0.251. The Labute approximate surface area is 87.5 Å². The Morgan fingerprint density at radius 2 is 2.13 bits per heavy atom. The number of nitrogens with two attached hydrogens (primary N) is 1. The third-order valence-electron chi connectivity index (χ3n) is 2.20. The first kappa shape index (κ1) is 9.70. The molecule has 0 saturated carbocycles. The largest absolute Gasteiger partial charge is 0.383 e. The van der Waals surface area contributed by atoms with Crippen LogP contribution in [0.3, 0.4) is 0 Å². The molecule has 0 bridgehead atoms. The first-order chi connectivity index (χ1) is 7.13. The van der Waals surface area contributed by atoms with Gasteiger partial charge in [0, 0.05) is 13.1 Å². The zero-order valence-electron chi connectivity index (χ0n) is 9.02. The lowest BCUT2D eigenvalue weighted by atomic mass is 10.3. The molecule has 0 aliphatic heterocycles. The van der Waals surface area contributed by atoms with E-state index in [2.05, 4.69) is 20.4 Å². The van der Waals surface area contributed by atoms with Crippen LogP contribution in [-0.4, -0.2) is 26.8 Å². The highest BCUT2D eigenvalue weighted by molar-refractivity contribution is 5.86. The molecule has 2 aromatic rings. The molecule has 0 aromatic carbocycles. The molecular weight excluding hydrogens is 192 g/mol. The first-order valence-electron chi connectivity index (χ1n) is 4.82. The van der Waals surface area contributed by atoms with Crippen molar-refractivity contribution in [2.75, 3.05) is 18.1 Å². The fourth-order valence-electron chi connectivity index (χ4n) is 1.44. The SMILES string of the molecule is CNc1nc(N)c2cnn(C(C)C)c2n1. The maximum absolute atomic E-state index is 5.80. The van der Waals surface area contributed by atoms with E-state index in [1.165, 1.54) is 0 Å². The van der Waals surface area contributed by atoms with Crippen LogP contribution in [0.25, 0.3) is 11.0 Å². The maximum atomic E-state index is 5.80. The molecule has 0 amide bonds. The minimum Gasteiger partial charge on any atom is -0.383 e. The minimum absolute atomic E-state index is 0.251. The van der Waals surface area contributed by atoms with Gasteiger partial charge in [0.25, 0.3) is 0 Å². The molecule has 2 aromatic heterocycles. The lowest BCUT2D eigenvalue weighted by Gasteiger charge is -2.07. The number of aromatic nitrogens is 4. The van der Waals surface area contributed by atoms with Gasteiger partial charge in [0.1, 0.15) is 5.82 Å². The second kappa shape index (κ2) is 3.38. The van der Waals surface area contributed by atoms with Crippen LogP contribution in [0.5, 0.6) is 0 Å². The summed E-state index contributed by atoms with van der Waals surface area (Å²) in [6.07, 6.45) is 1.70. The van der Waals surface area contributed by atoms with Crippen molar-refractivity contribution in [3.05, 3.63) is 6.20 Å². The lowest BCUT2D eigenvalue weighted by molar-refractivity contribution is 0.546. The van der Waals surface area contributed by atoms with Gasteiger partial charge in [-0.2, -0.15) is 15.1 Å². The van der Waals surface area contributed by atoms with E-state index in [1.54, 1.807) is 13.2 Å². The van der Waals surface area contributed by atoms with E-state index >= 15 is 0 Å². The molecule has 0 radical (unpaired) electrons. The monoisotopic (exact) mass is 206 g/mol. The van der Waals surface area contributed by atoms with Gasteiger partial charge in [0.2, 0.25) is 5.95 Å². The predicted molar refractivity (Wildman–Crippen MR) is 59.7 cm³/mol. The van der Waals surface area contributed by atoms with Gasteiger partial charge in [0.05, 0.1) is 11.6 Å². The van der Waals surface area contributed by atoms with Gasteiger partial charge in [-0.05, 0) is 13.8 Å². The van der Waals surface area contributed by atoms with Crippen LogP contribution >= 0.6 is 0 Å². The molecule has 6 nitrogen and oxygen atoms in total. The van der Waals surface area contributed by atoms with E-state index in [4.69, 9.17) is 5.73 Å². The van der Waals surface area contributed by atoms with Gasteiger partial charge in [-0.25, -0.2) is 4.68 Å². The second-order valence-electron chi connectivity index (χ2n) is 3.60. The molecule has 3 N–H and O–H groups in total. The lowest BCUT2D eigenvalue weighted by Crippen LogP contribution is -2.06. The summed E-state index contributed by atoms with van der Waals surface area (Å²) in [7, 11) is 1.76. The van der Waals surface area contributed by atoms with Crippen LogP contribution in [0.2, 0.25) is 0 Å². The number of rotatable bonds is 2. The molecule has 0 unspecified atom stereocenters. The Hall–Kier alpha value is -1.85. The van der Waals surface area contributed by atoms with Gasteiger partial charge >= 0.3 is 0 Å². The van der Waals surface area contributed by atoms with Crippen molar-refractivity contribution in [3.63, 3.8) is 0 Å². The summed E-state index contributed by atoms with van der Waals surface area (Å²) in [6.45, 7) is 4.09. The van der Waals surface area contributed by atoms with Gasteiger partial charge in [-0.15, -0.1) is 0 Å². The average Bonchev–Trinajstić information content (AvgIpc) is 2.61. The summed E-state index contributed by atoms with van der Waals surface area (Å²) in [4.78, 5) is 8.43. The first-order valence-corrected chi connectivity index (χ1v) is 4.82. The quantitative estimate of drug-likeness (QED) is 0.767. The number of fused-ring (bicyclic) bond motifs is 1. The zero-order chi connectivity index (χ0) is 11.0. The smallest absolute Gasteiger partial charge is 0.226 e. The van der Waals surface area contributed by atoms with Crippen LogP contribution in [0.1, 0.15) is 19.9 Å². The second-order valence-corrected chi connectivity index (χ2v) is 3.60. The van der Waals surface area contributed by atoms with E-state index in [-0.39, 0.29) is 6.04 Å². The number of hydrogen-bond acceptors (Lipinski definition) is 5. The van der Waals surface area contributed by atoms with E-state index < -0.39 is 0 Å². The number of nitrogens with zero attached hydrogens (tertiary/aromatic N) is 4. The molecule has 0 saturated heterocycles. The van der Waals surface area contributed by atoms with E-state index in [9.17, 15) is 0 Å². The van der Waals surface area contributed by atoms with E-state index in [0.29, 0.717) is 11.8 Å². The molecule has 80 valence electrons. The topological polar surface area (TPSA) is 81.6 Å². The van der Waals surface area contributed by atoms with Crippen molar-refractivity contribution in [1.29, 1.82) is 0 Å². The predicted octanol–water partition coefficient (Wildman–Crippen LogP) is 1.03. The number of anilines is 2. The Kier molecular flexibility index (Phi) is 2.18. The molecule has 0 aliphatic rings. The van der Waals surface area contributed by atoms with Crippen molar-refractivity contribution < 1.29 is 0 Å². The molecule has 0 fully saturated rings. The summed E-state index contributed by atoms with van der Waals surface area (Å²) >= 11 is 0. The molecule has 0 atom stereocenters. The highest BCUT2D eigenvalue weighted by Crippen LogP contribution is 2.21. The standard InChI is InChI=1S/C9H14N6/c1-5(2)15-8-6(4-12-15)7(10)13-9(11-3)14-8/h4-5H,1-3H3,(H3,10,11,13,14). The number of nitrogens with one attached hydrogen (secondary N) is 1. The maximum Gasteiger partial charge on any atom is 0.226 e. The van der Waals surface area contributed by atoms with Crippen LogP contribution in [0.15, 0.2) is 6.20 Å². The van der Waals surface area contributed by atoms with Crippen molar-refractivity contribution in [3.8, 4) is 0 Å². The van der Waals surface area contributed by atoms with Gasteiger partial charge in [0.15, 0.2) is 5.65 Å². The van der Waals surface area contributed by atoms with Gasteiger partial charge in [-0.1, -0.05) is 0 Å². The molecule has 6 heteroatoms. The van der Waals surface area contributed by atoms with Gasteiger partial charge in [-0.3, -0.25) is 0 Å². The number of nitrogen functional groups attached to an aromatic ring is 1. The molecule has 0 spiro atoms. The van der Waals surface area contributed by atoms with Crippen molar-refractivity contribution in [1.82, 2.24) is 19.7 Å². The van der Waals surface area contributed by atoms with Crippen molar-refractivity contribution in [2.24, 2.45) is 0 Å². The van der Waals surface area contributed by atoms with E-state index in [1.807, 2.05) is 18.5 Å². The normalized spacial score (nSPS) is 11.2. The Bertz CT molecular complexity index is 487. The van der Waals surface area contributed by atoms with Crippen LogP contribution in [-0.2, 0) is 0 Å². The molecule has 15 heavy (non-hydrogen) atoms. The average molecular weight is 206 g/mol. The van der Waals surface area contributed by atoms with Crippen LogP contribution in [0.4, 0.5) is 11.8 Å². The summed E-state index contributed by atoms with van der Waals surface area (Å²) in [5.41, 5.74) is 6.57.